The highest BCUT2D eigenvalue weighted by Gasteiger charge is 2.31. The Kier molecular flexibility index (Phi) is 7.81. The molecule has 3 aromatic carbocycles. The largest absolute Gasteiger partial charge is 0.492 e. The van der Waals surface area contributed by atoms with E-state index in [1.54, 1.807) is 6.07 Å². The Labute approximate surface area is 220 Å². The smallest absolute Gasteiger partial charge is 0.416 e. The van der Waals surface area contributed by atoms with Crippen molar-refractivity contribution in [2.75, 3.05) is 44.6 Å². The summed E-state index contributed by atoms with van der Waals surface area (Å²) in [6, 6.07) is 23.6. The van der Waals surface area contributed by atoms with Gasteiger partial charge in [0.05, 0.1) is 11.1 Å². The van der Waals surface area contributed by atoms with Crippen molar-refractivity contribution in [3.8, 4) is 5.75 Å². The normalized spacial score (nSPS) is 15.1. The Morgan fingerprint density at radius 3 is 2.34 bits per heavy atom. The van der Waals surface area contributed by atoms with Gasteiger partial charge in [0.1, 0.15) is 12.4 Å². The molecule has 2 heterocycles. The Balaban J connectivity index is 1.22. The summed E-state index contributed by atoms with van der Waals surface area (Å²) in [6.07, 6.45) is -4.49. The lowest BCUT2D eigenvalue weighted by atomic mass is 10.1. The number of rotatable bonds is 8. The van der Waals surface area contributed by atoms with Crippen LogP contribution < -0.4 is 10.1 Å². The number of pyridine rings is 1. The zero-order valence-corrected chi connectivity index (χ0v) is 21.3. The molecule has 1 aliphatic heterocycles. The lowest BCUT2D eigenvalue weighted by molar-refractivity contribution is -0.137. The van der Waals surface area contributed by atoms with Gasteiger partial charge >= 0.3 is 6.18 Å². The number of piperazine rings is 1. The summed E-state index contributed by atoms with van der Waals surface area (Å²) in [5.74, 6) is 0.195. The van der Waals surface area contributed by atoms with Crippen LogP contribution in [0.5, 0.6) is 5.75 Å². The third-order valence-electron chi connectivity index (χ3n) is 6.75. The molecule has 1 aliphatic rings. The molecule has 38 heavy (non-hydrogen) atoms. The monoisotopic (exact) mass is 520 g/mol. The first-order chi connectivity index (χ1) is 18.3. The van der Waals surface area contributed by atoms with Crippen LogP contribution in [0.1, 0.15) is 16.8 Å². The molecule has 0 atom stereocenters. The number of para-hydroxylation sites is 1. The number of nitrogens with one attached hydrogen (secondary N) is 1. The van der Waals surface area contributed by atoms with Crippen LogP contribution in [0.25, 0.3) is 10.9 Å². The highest BCUT2D eigenvalue weighted by Crippen LogP contribution is 2.36. The molecule has 1 saturated heterocycles. The van der Waals surface area contributed by atoms with Gasteiger partial charge in [-0.05, 0) is 36.8 Å². The Hall–Kier alpha value is -3.62. The van der Waals surface area contributed by atoms with Gasteiger partial charge in [0.15, 0.2) is 0 Å². The second kappa shape index (κ2) is 11.4. The minimum Gasteiger partial charge on any atom is -0.492 e. The molecule has 1 fully saturated rings. The Bertz CT molecular complexity index is 1370. The van der Waals surface area contributed by atoms with E-state index >= 15 is 0 Å². The molecule has 198 valence electrons. The lowest BCUT2D eigenvalue weighted by Crippen LogP contribution is -2.47. The third-order valence-corrected chi connectivity index (χ3v) is 6.75. The minimum atomic E-state index is -4.49. The first-order valence-corrected chi connectivity index (χ1v) is 12.8. The molecule has 0 bridgehead atoms. The van der Waals surface area contributed by atoms with Crippen LogP contribution in [0, 0.1) is 6.92 Å². The SMILES string of the molecule is Cc1cc(Nc2cc(OCCN3CCN(Cc4ccccc4)CC3)cc(C(F)(F)F)c2)c2ccccc2n1. The molecular formula is C30H31F3N4O. The van der Waals surface area contributed by atoms with E-state index in [-0.39, 0.29) is 5.75 Å². The molecule has 0 spiro atoms. The maximum atomic E-state index is 13.7. The van der Waals surface area contributed by atoms with E-state index in [1.165, 1.54) is 5.56 Å². The van der Waals surface area contributed by atoms with Crippen LogP contribution in [0.15, 0.2) is 78.9 Å². The van der Waals surface area contributed by atoms with E-state index < -0.39 is 11.7 Å². The van der Waals surface area contributed by atoms with Crippen LogP contribution in [-0.2, 0) is 12.7 Å². The highest BCUT2D eigenvalue weighted by atomic mass is 19.4. The molecule has 5 nitrogen and oxygen atoms in total. The fourth-order valence-electron chi connectivity index (χ4n) is 4.79. The summed E-state index contributed by atoms with van der Waals surface area (Å²) in [5, 5.41) is 4.01. The van der Waals surface area contributed by atoms with Crippen LogP contribution in [0.2, 0.25) is 0 Å². The number of ether oxygens (including phenoxy) is 1. The topological polar surface area (TPSA) is 40.6 Å². The molecule has 1 N–H and O–H groups in total. The number of halogens is 3. The van der Waals surface area contributed by atoms with Crippen molar-refractivity contribution in [3.63, 3.8) is 0 Å². The molecule has 0 saturated carbocycles. The van der Waals surface area contributed by atoms with E-state index in [9.17, 15) is 13.2 Å². The van der Waals surface area contributed by atoms with Gasteiger partial charge in [0.25, 0.3) is 0 Å². The van der Waals surface area contributed by atoms with Crippen LogP contribution in [0.4, 0.5) is 24.5 Å². The molecule has 0 unspecified atom stereocenters. The van der Waals surface area contributed by atoms with E-state index in [2.05, 4.69) is 44.4 Å². The molecule has 1 aromatic heterocycles. The lowest BCUT2D eigenvalue weighted by Gasteiger charge is -2.34. The van der Waals surface area contributed by atoms with Gasteiger partial charge in [-0.2, -0.15) is 13.2 Å². The maximum absolute atomic E-state index is 13.7. The minimum absolute atomic E-state index is 0.195. The number of anilines is 2. The fraction of sp³-hybridized carbons (Fsp3) is 0.300. The molecule has 5 rings (SSSR count). The molecule has 4 aromatic rings. The number of aromatic nitrogens is 1. The summed E-state index contributed by atoms with van der Waals surface area (Å²) >= 11 is 0. The Morgan fingerprint density at radius 1 is 0.868 bits per heavy atom. The molecule has 0 amide bonds. The standard InChI is InChI=1S/C30H31F3N4O/c1-22-17-29(27-9-5-6-10-28(27)34-22)35-25-18-24(30(31,32)33)19-26(20-25)38-16-15-36-11-13-37(14-12-36)21-23-7-3-2-4-8-23/h2-10,17-20H,11-16,21H2,1H3,(H,34,35). The van der Waals surface area contributed by atoms with Crippen molar-refractivity contribution in [1.29, 1.82) is 0 Å². The number of benzene rings is 3. The molecule has 8 heteroatoms. The maximum Gasteiger partial charge on any atom is 0.416 e. The quantitative estimate of drug-likeness (QED) is 0.287. The number of aryl methyl sites for hydroxylation is 1. The number of hydrogen-bond donors (Lipinski definition) is 1. The summed E-state index contributed by atoms with van der Waals surface area (Å²) in [4.78, 5) is 9.22. The second-order valence-corrected chi connectivity index (χ2v) is 9.65. The van der Waals surface area contributed by atoms with E-state index in [0.29, 0.717) is 24.5 Å². The average Bonchev–Trinajstić information content (AvgIpc) is 2.90. The van der Waals surface area contributed by atoms with Crippen LogP contribution in [-0.4, -0.2) is 54.1 Å². The van der Waals surface area contributed by atoms with Crippen molar-refractivity contribution in [3.05, 3.63) is 95.7 Å². The Morgan fingerprint density at radius 2 is 1.58 bits per heavy atom. The van der Waals surface area contributed by atoms with Crippen molar-refractivity contribution in [2.45, 2.75) is 19.6 Å². The fourth-order valence-corrected chi connectivity index (χ4v) is 4.79. The zero-order valence-electron chi connectivity index (χ0n) is 21.3. The van der Waals surface area contributed by atoms with E-state index in [4.69, 9.17) is 4.74 Å². The van der Waals surface area contributed by atoms with Crippen LogP contribution in [0.3, 0.4) is 0 Å². The van der Waals surface area contributed by atoms with Gasteiger partial charge in [0, 0.05) is 67.8 Å². The third kappa shape index (κ3) is 6.62. The predicted molar refractivity (Wildman–Crippen MR) is 145 cm³/mol. The molecule has 0 aliphatic carbocycles. The highest BCUT2D eigenvalue weighted by molar-refractivity contribution is 5.93. The summed E-state index contributed by atoms with van der Waals surface area (Å²) < 4.78 is 47.0. The molecule has 0 radical (unpaired) electrons. The molecular weight excluding hydrogens is 489 g/mol. The van der Waals surface area contributed by atoms with Gasteiger partial charge in [-0.3, -0.25) is 14.8 Å². The summed E-state index contributed by atoms with van der Waals surface area (Å²) in [6.45, 7) is 7.47. The van der Waals surface area contributed by atoms with Crippen LogP contribution >= 0.6 is 0 Å². The van der Waals surface area contributed by atoms with E-state index in [0.717, 1.165) is 61.5 Å². The second-order valence-electron chi connectivity index (χ2n) is 9.65. The van der Waals surface area contributed by atoms with Gasteiger partial charge in [-0.25, -0.2) is 0 Å². The summed E-state index contributed by atoms with van der Waals surface area (Å²) in [7, 11) is 0. The summed E-state index contributed by atoms with van der Waals surface area (Å²) in [5.41, 5.74) is 3.13. The van der Waals surface area contributed by atoms with Gasteiger partial charge < -0.3 is 10.1 Å². The van der Waals surface area contributed by atoms with E-state index in [1.807, 2.05) is 43.3 Å². The predicted octanol–water partition coefficient (Wildman–Crippen LogP) is 6.50. The van der Waals surface area contributed by atoms with Crippen molar-refractivity contribution in [2.24, 2.45) is 0 Å². The van der Waals surface area contributed by atoms with Gasteiger partial charge in [0.2, 0.25) is 0 Å². The number of fused-ring (bicyclic) bond motifs is 1. The number of alkyl halides is 3. The van der Waals surface area contributed by atoms with Crippen molar-refractivity contribution < 1.29 is 17.9 Å². The van der Waals surface area contributed by atoms with Gasteiger partial charge in [-0.1, -0.05) is 48.5 Å². The van der Waals surface area contributed by atoms with Crippen molar-refractivity contribution >= 4 is 22.3 Å². The number of nitrogens with zero attached hydrogens (tertiary/aromatic N) is 3. The van der Waals surface area contributed by atoms with Gasteiger partial charge in [-0.15, -0.1) is 0 Å². The zero-order chi connectivity index (χ0) is 26.5. The first-order valence-electron chi connectivity index (χ1n) is 12.8. The first kappa shape index (κ1) is 26.0. The average molecular weight is 521 g/mol. The number of hydrogen-bond acceptors (Lipinski definition) is 5. The van der Waals surface area contributed by atoms with Crippen molar-refractivity contribution in [1.82, 2.24) is 14.8 Å².